The first-order valence-electron chi connectivity index (χ1n) is 5.75. The SMILES string of the molecule is CC1CC2C(CO)CC(C(F)(F)F)CC2O1. The van der Waals surface area contributed by atoms with Crippen molar-refractivity contribution in [2.24, 2.45) is 17.8 Å². The summed E-state index contributed by atoms with van der Waals surface area (Å²) in [5.41, 5.74) is 0. The standard InChI is InChI=1S/C11H17F3O2/c1-6-2-9-7(5-15)3-8(11(12,13)14)4-10(9)16-6/h6-10,15H,2-5H2,1H3. The third-order valence-corrected chi connectivity index (χ3v) is 3.90. The third kappa shape index (κ3) is 2.20. The van der Waals surface area contributed by atoms with Gasteiger partial charge in [0.2, 0.25) is 0 Å². The van der Waals surface area contributed by atoms with Gasteiger partial charge in [0.05, 0.1) is 18.1 Å². The summed E-state index contributed by atoms with van der Waals surface area (Å²) >= 11 is 0. The van der Waals surface area contributed by atoms with Crippen LogP contribution >= 0.6 is 0 Å². The Hall–Kier alpha value is -0.290. The van der Waals surface area contributed by atoms with Gasteiger partial charge in [0.15, 0.2) is 0 Å². The summed E-state index contributed by atoms with van der Waals surface area (Å²) in [5.74, 6) is -1.45. The van der Waals surface area contributed by atoms with Crippen molar-refractivity contribution in [1.29, 1.82) is 0 Å². The number of ether oxygens (including phenoxy) is 1. The molecule has 0 amide bonds. The molecule has 0 spiro atoms. The fraction of sp³-hybridized carbons (Fsp3) is 1.00. The predicted octanol–water partition coefficient (Wildman–Crippen LogP) is 2.36. The van der Waals surface area contributed by atoms with Crippen LogP contribution < -0.4 is 0 Å². The maximum absolute atomic E-state index is 12.7. The number of aliphatic hydroxyl groups is 1. The summed E-state index contributed by atoms with van der Waals surface area (Å²) < 4.78 is 43.5. The van der Waals surface area contributed by atoms with E-state index in [-0.39, 0.29) is 43.5 Å². The van der Waals surface area contributed by atoms with E-state index in [1.807, 2.05) is 6.92 Å². The zero-order valence-corrected chi connectivity index (χ0v) is 9.20. The molecule has 1 aliphatic heterocycles. The number of halogens is 3. The molecule has 2 fully saturated rings. The monoisotopic (exact) mass is 238 g/mol. The number of fused-ring (bicyclic) bond motifs is 1. The van der Waals surface area contributed by atoms with Crippen molar-refractivity contribution in [1.82, 2.24) is 0 Å². The van der Waals surface area contributed by atoms with Crippen LogP contribution in [-0.2, 0) is 4.74 Å². The second-order valence-corrected chi connectivity index (χ2v) is 5.04. The van der Waals surface area contributed by atoms with E-state index in [1.54, 1.807) is 0 Å². The molecule has 5 atom stereocenters. The molecule has 1 heterocycles. The highest BCUT2D eigenvalue weighted by atomic mass is 19.4. The fourth-order valence-corrected chi connectivity index (χ4v) is 3.11. The summed E-state index contributed by atoms with van der Waals surface area (Å²) in [6.45, 7) is 1.72. The molecule has 1 aliphatic carbocycles. The lowest BCUT2D eigenvalue weighted by Gasteiger charge is -2.37. The largest absolute Gasteiger partial charge is 0.396 e. The van der Waals surface area contributed by atoms with Crippen LogP contribution in [0, 0.1) is 17.8 Å². The molecule has 0 aromatic carbocycles. The maximum atomic E-state index is 12.7. The van der Waals surface area contributed by atoms with Gasteiger partial charge in [0.1, 0.15) is 0 Å². The molecule has 0 bridgehead atoms. The van der Waals surface area contributed by atoms with Gasteiger partial charge in [-0.05, 0) is 38.0 Å². The Bertz CT molecular complexity index is 246. The Kier molecular flexibility index (Phi) is 3.18. The molecule has 0 aromatic rings. The van der Waals surface area contributed by atoms with E-state index in [2.05, 4.69) is 0 Å². The van der Waals surface area contributed by atoms with Gasteiger partial charge in [-0.15, -0.1) is 0 Å². The molecule has 1 saturated heterocycles. The Morgan fingerprint density at radius 3 is 2.50 bits per heavy atom. The van der Waals surface area contributed by atoms with Gasteiger partial charge in [0, 0.05) is 6.61 Å². The van der Waals surface area contributed by atoms with E-state index in [4.69, 9.17) is 4.74 Å². The Labute approximate surface area is 92.8 Å². The molecule has 2 nitrogen and oxygen atoms in total. The van der Waals surface area contributed by atoms with Crippen molar-refractivity contribution in [2.45, 2.75) is 44.6 Å². The van der Waals surface area contributed by atoms with Crippen molar-refractivity contribution in [3.8, 4) is 0 Å². The number of rotatable bonds is 1. The fourth-order valence-electron chi connectivity index (χ4n) is 3.11. The van der Waals surface area contributed by atoms with Crippen LogP contribution in [-0.4, -0.2) is 30.1 Å². The van der Waals surface area contributed by atoms with Crippen molar-refractivity contribution in [3.63, 3.8) is 0 Å². The summed E-state index contributed by atoms with van der Waals surface area (Å²) in [4.78, 5) is 0. The summed E-state index contributed by atoms with van der Waals surface area (Å²) in [6, 6.07) is 0. The average molecular weight is 238 g/mol. The second kappa shape index (κ2) is 4.18. The van der Waals surface area contributed by atoms with Crippen LogP contribution in [0.2, 0.25) is 0 Å². The molecule has 2 rings (SSSR count). The summed E-state index contributed by atoms with van der Waals surface area (Å²) in [7, 11) is 0. The van der Waals surface area contributed by atoms with Gasteiger partial charge in [-0.3, -0.25) is 0 Å². The Morgan fingerprint density at radius 2 is 1.94 bits per heavy atom. The smallest absolute Gasteiger partial charge is 0.391 e. The summed E-state index contributed by atoms with van der Waals surface area (Å²) in [5, 5.41) is 9.18. The molecule has 94 valence electrons. The highest BCUT2D eigenvalue weighted by Crippen LogP contribution is 2.47. The van der Waals surface area contributed by atoms with Crippen LogP contribution in [0.25, 0.3) is 0 Å². The molecular weight excluding hydrogens is 221 g/mol. The number of hydrogen-bond donors (Lipinski definition) is 1. The highest BCUT2D eigenvalue weighted by molar-refractivity contribution is 4.93. The zero-order valence-electron chi connectivity index (χ0n) is 9.20. The average Bonchev–Trinajstić information content (AvgIpc) is 2.54. The molecule has 0 aromatic heterocycles. The van der Waals surface area contributed by atoms with Crippen molar-refractivity contribution >= 4 is 0 Å². The first kappa shape index (κ1) is 12.2. The van der Waals surface area contributed by atoms with Crippen LogP contribution in [0.5, 0.6) is 0 Å². The van der Waals surface area contributed by atoms with Crippen LogP contribution in [0.4, 0.5) is 13.2 Å². The van der Waals surface area contributed by atoms with Gasteiger partial charge < -0.3 is 9.84 Å². The summed E-state index contributed by atoms with van der Waals surface area (Å²) in [6.07, 6.45) is -3.55. The Balaban J connectivity index is 2.10. The first-order valence-corrected chi connectivity index (χ1v) is 5.75. The van der Waals surface area contributed by atoms with Gasteiger partial charge >= 0.3 is 6.18 Å². The van der Waals surface area contributed by atoms with Crippen molar-refractivity contribution in [3.05, 3.63) is 0 Å². The molecule has 0 radical (unpaired) electrons. The molecule has 5 unspecified atom stereocenters. The number of alkyl halides is 3. The van der Waals surface area contributed by atoms with E-state index in [0.29, 0.717) is 0 Å². The van der Waals surface area contributed by atoms with Crippen LogP contribution in [0.1, 0.15) is 26.2 Å². The maximum Gasteiger partial charge on any atom is 0.391 e. The van der Waals surface area contributed by atoms with E-state index in [0.717, 1.165) is 6.42 Å². The lowest BCUT2D eigenvalue weighted by atomic mass is 9.72. The minimum absolute atomic E-state index is 0.0241. The van der Waals surface area contributed by atoms with Gasteiger partial charge in [0.25, 0.3) is 0 Å². The van der Waals surface area contributed by atoms with Crippen molar-refractivity contribution < 1.29 is 23.0 Å². The predicted molar refractivity (Wildman–Crippen MR) is 51.8 cm³/mol. The number of hydrogen-bond acceptors (Lipinski definition) is 2. The topological polar surface area (TPSA) is 29.5 Å². The van der Waals surface area contributed by atoms with E-state index >= 15 is 0 Å². The van der Waals surface area contributed by atoms with Gasteiger partial charge in [-0.1, -0.05) is 0 Å². The highest BCUT2D eigenvalue weighted by Gasteiger charge is 2.51. The molecule has 1 N–H and O–H groups in total. The second-order valence-electron chi connectivity index (χ2n) is 5.04. The van der Waals surface area contributed by atoms with Gasteiger partial charge in [-0.25, -0.2) is 0 Å². The molecule has 16 heavy (non-hydrogen) atoms. The quantitative estimate of drug-likeness (QED) is 0.760. The van der Waals surface area contributed by atoms with Gasteiger partial charge in [-0.2, -0.15) is 13.2 Å². The lowest BCUT2D eigenvalue weighted by molar-refractivity contribution is -0.200. The number of aliphatic hydroxyl groups excluding tert-OH is 1. The first-order chi connectivity index (χ1) is 7.41. The van der Waals surface area contributed by atoms with E-state index in [9.17, 15) is 18.3 Å². The molecular formula is C11H17F3O2. The van der Waals surface area contributed by atoms with Crippen LogP contribution in [0.3, 0.4) is 0 Å². The van der Waals surface area contributed by atoms with E-state index < -0.39 is 12.1 Å². The minimum atomic E-state index is -4.16. The Morgan fingerprint density at radius 1 is 1.25 bits per heavy atom. The third-order valence-electron chi connectivity index (χ3n) is 3.90. The zero-order chi connectivity index (χ0) is 11.9. The molecule has 1 saturated carbocycles. The molecule has 5 heteroatoms. The van der Waals surface area contributed by atoms with Crippen LogP contribution in [0.15, 0.2) is 0 Å². The normalized spacial score (nSPS) is 44.4. The van der Waals surface area contributed by atoms with E-state index in [1.165, 1.54) is 0 Å². The minimum Gasteiger partial charge on any atom is -0.396 e. The molecule has 2 aliphatic rings. The lowest BCUT2D eigenvalue weighted by Crippen LogP contribution is -2.40. The van der Waals surface area contributed by atoms with Crippen molar-refractivity contribution in [2.75, 3.05) is 6.61 Å².